The fourth-order valence-electron chi connectivity index (χ4n) is 2.66. The van der Waals surface area contributed by atoms with Gasteiger partial charge in [-0.3, -0.25) is 4.79 Å². The molecule has 3 nitrogen and oxygen atoms in total. The summed E-state index contributed by atoms with van der Waals surface area (Å²) in [4.78, 5) is 12.2. The molecule has 2 atom stereocenters. The van der Waals surface area contributed by atoms with Gasteiger partial charge < -0.3 is 9.47 Å². The highest BCUT2D eigenvalue weighted by Crippen LogP contribution is 2.36. The smallest absolute Gasteiger partial charge is 0.164 e. The number of carbonyl (C=O) groups is 1. The molecule has 0 heterocycles. The fourth-order valence-corrected chi connectivity index (χ4v) is 2.66. The molecule has 0 amide bonds. The minimum Gasteiger partial charge on any atom is -0.385 e. The standard InChI is InChI=1S/C13H24O3/c1-11-6-4-8-13(10-11,16-3)12(14)7-5-9-15-2/h11H,4-10H2,1-3H3. The Morgan fingerprint density at radius 3 is 2.75 bits per heavy atom. The second-order valence-corrected chi connectivity index (χ2v) is 4.92. The SMILES string of the molecule is COCCCC(=O)C1(OC)CCCC(C)C1. The summed E-state index contributed by atoms with van der Waals surface area (Å²) < 4.78 is 10.5. The first kappa shape index (κ1) is 13.7. The first-order chi connectivity index (χ1) is 7.64. The monoisotopic (exact) mass is 228 g/mol. The summed E-state index contributed by atoms with van der Waals surface area (Å²) in [6.07, 6.45) is 5.47. The Morgan fingerprint density at radius 2 is 2.19 bits per heavy atom. The number of methoxy groups -OCH3 is 2. The van der Waals surface area contributed by atoms with Gasteiger partial charge in [0.15, 0.2) is 5.78 Å². The van der Waals surface area contributed by atoms with Crippen LogP contribution in [0.1, 0.15) is 45.4 Å². The largest absolute Gasteiger partial charge is 0.385 e. The van der Waals surface area contributed by atoms with Gasteiger partial charge in [0.25, 0.3) is 0 Å². The van der Waals surface area contributed by atoms with Gasteiger partial charge in [0, 0.05) is 27.2 Å². The van der Waals surface area contributed by atoms with Crippen LogP contribution in [0.4, 0.5) is 0 Å². The number of hydrogen-bond acceptors (Lipinski definition) is 3. The molecule has 0 saturated heterocycles. The molecule has 3 heteroatoms. The Balaban J connectivity index is 2.53. The number of hydrogen-bond donors (Lipinski definition) is 0. The van der Waals surface area contributed by atoms with Gasteiger partial charge in [-0.25, -0.2) is 0 Å². The van der Waals surface area contributed by atoms with Crippen LogP contribution in [-0.2, 0) is 14.3 Å². The van der Waals surface area contributed by atoms with Crippen molar-refractivity contribution in [2.45, 2.75) is 51.0 Å². The summed E-state index contributed by atoms with van der Waals surface area (Å²) in [5.74, 6) is 0.860. The van der Waals surface area contributed by atoms with Crippen molar-refractivity contribution in [2.24, 2.45) is 5.92 Å². The van der Waals surface area contributed by atoms with Crippen molar-refractivity contribution < 1.29 is 14.3 Å². The first-order valence-corrected chi connectivity index (χ1v) is 6.22. The first-order valence-electron chi connectivity index (χ1n) is 6.22. The highest BCUT2D eigenvalue weighted by Gasteiger charge is 2.40. The average molecular weight is 228 g/mol. The van der Waals surface area contributed by atoms with Gasteiger partial charge in [-0.2, -0.15) is 0 Å². The summed E-state index contributed by atoms with van der Waals surface area (Å²) in [5, 5.41) is 0. The third-order valence-electron chi connectivity index (χ3n) is 3.61. The molecule has 1 saturated carbocycles. The number of carbonyl (C=O) groups excluding carboxylic acids is 1. The summed E-state index contributed by atoms with van der Waals surface area (Å²) in [5.41, 5.74) is -0.495. The van der Waals surface area contributed by atoms with E-state index in [4.69, 9.17) is 9.47 Å². The Morgan fingerprint density at radius 1 is 1.44 bits per heavy atom. The van der Waals surface area contributed by atoms with E-state index >= 15 is 0 Å². The van der Waals surface area contributed by atoms with Crippen molar-refractivity contribution >= 4 is 5.78 Å². The molecule has 0 spiro atoms. The lowest BCUT2D eigenvalue weighted by molar-refractivity contribution is -0.147. The summed E-state index contributed by atoms with van der Waals surface area (Å²) in [6, 6.07) is 0. The van der Waals surface area contributed by atoms with E-state index < -0.39 is 5.60 Å². The predicted octanol–water partition coefficient (Wildman–Crippen LogP) is 2.58. The maximum atomic E-state index is 12.2. The zero-order valence-corrected chi connectivity index (χ0v) is 10.8. The number of ketones is 1. The molecule has 0 aromatic rings. The molecule has 0 aliphatic heterocycles. The maximum absolute atomic E-state index is 12.2. The molecule has 1 fully saturated rings. The van der Waals surface area contributed by atoms with E-state index in [0.29, 0.717) is 18.9 Å². The van der Waals surface area contributed by atoms with Gasteiger partial charge >= 0.3 is 0 Å². The van der Waals surface area contributed by atoms with Crippen LogP contribution in [-0.4, -0.2) is 32.2 Å². The number of ether oxygens (including phenoxy) is 2. The molecule has 16 heavy (non-hydrogen) atoms. The summed E-state index contributed by atoms with van der Waals surface area (Å²) in [6.45, 7) is 2.86. The van der Waals surface area contributed by atoms with Gasteiger partial charge in [-0.1, -0.05) is 13.3 Å². The molecule has 1 aliphatic carbocycles. The highest BCUT2D eigenvalue weighted by atomic mass is 16.5. The van der Waals surface area contributed by atoms with Crippen LogP contribution in [0.25, 0.3) is 0 Å². The van der Waals surface area contributed by atoms with E-state index in [9.17, 15) is 4.79 Å². The van der Waals surface area contributed by atoms with Crippen LogP contribution in [0.3, 0.4) is 0 Å². The molecule has 1 rings (SSSR count). The predicted molar refractivity (Wildman–Crippen MR) is 63.5 cm³/mol. The minimum atomic E-state index is -0.495. The Hall–Kier alpha value is -0.410. The van der Waals surface area contributed by atoms with Crippen molar-refractivity contribution in [1.29, 1.82) is 0 Å². The molecule has 0 aromatic heterocycles. The fraction of sp³-hybridized carbons (Fsp3) is 0.923. The Bertz CT molecular complexity index is 227. The zero-order chi connectivity index (χ0) is 12.0. The van der Waals surface area contributed by atoms with E-state index in [1.54, 1.807) is 14.2 Å². The van der Waals surface area contributed by atoms with Crippen LogP contribution in [0.5, 0.6) is 0 Å². The van der Waals surface area contributed by atoms with Crippen LogP contribution in [0.15, 0.2) is 0 Å². The van der Waals surface area contributed by atoms with Gasteiger partial charge in [0.05, 0.1) is 0 Å². The molecule has 2 unspecified atom stereocenters. The normalized spacial score (nSPS) is 30.3. The molecule has 0 N–H and O–H groups in total. The van der Waals surface area contributed by atoms with Crippen LogP contribution in [0, 0.1) is 5.92 Å². The maximum Gasteiger partial charge on any atom is 0.164 e. The molecule has 0 aromatic carbocycles. The van der Waals surface area contributed by atoms with Gasteiger partial charge in [0.2, 0.25) is 0 Å². The molecule has 0 radical (unpaired) electrons. The molecular weight excluding hydrogens is 204 g/mol. The average Bonchev–Trinajstić information content (AvgIpc) is 2.29. The van der Waals surface area contributed by atoms with Crippen molar-refractivity contribution in [1.82, 2.24) is 0 Å². The highest BCUT2D eigenvalue weighted by molar-refractivity contribution is 5.87. The third kappa shape index (κ3) is 3.29. The number of Topliss-reactive ketones (excluding diaryl/α,β-unsaturated/α-hetero) is 1. The topological polar surface area (TPSA) is 35.5 Å². The van der Waals surface area contributed by atoms with E-state index in [1.807, 2.05) is 0 Å². The lowest BCUT2D eigenvalue weighted by Crippen LogP contribution is -2.44. The number of rotatable bonds is 6. The molecule has 1 aliphatic rings. The van der Waals surface area contributed by atoms with Crippen LogP contribution in [0.2, 0.25) is 0 Å². The lowest BCUT2D eigenvalue weighted by atomic mass is 9.75. The van der Waals surface area contributed by atoms with E-state index in [-0.39, 0.29) is 5.78 Å². The van der Waals surface area contributed by atoms with Crippen molar-refractivity contribution in [3.63, 3.8) is 0 Å². The summed E-state index contributed by atoms with van der Waals surface area (Å²) >= 11 is 0. The van der Waals surface area contributed by atoms with E-state index in [2.05, 4.69) is 6.92 Å². The van der Waals surface area contributed by atoms with Crippen molar-refractivity contribution in [3.8, 4) is 0 Å². The van der Waals surface area contributed by atoms with Gasteiger partial charge in [-0.05, 0) is 31.6 Å². The molecule has 0 bridgehead atoms. The third-order valence-corrected chi connectivity index (χ3v) is 3.61. The Kier molecular flexibility index (Phi) is 5.42. The van der Waals surface area contributed by atoms with E-state index in [1.165, 1.54) is 6.42 Å². The van der Waals surface area contributed by atoms with E-state index in [0.717, 1.165) is 25.7 Å². The summed E-state index contributed by atoms with van der Waals surface area (Å²) in [7, 11) is 3.34. The molecular formula is C13H24O3. The lowest BCUT2D eigenvalue weighted by Gasteiger charge is -2.37. The van der Waals surface area contributed by atoms with Gasteiger partial charge in [-0.15, -0.1) is 0 Å². The van der Waals surface area contributed by atoms with Gasteiger partial charge in [0.1, 0.15) is 5.60 Å². The second kappa shape index (κ2) is 6.36. The Labute approximate surface area is 98.5 Å². The molecule has 94 valence electrons. The zero-order valence-electron chi connectivity index (χ0n) is 10.8. The quantitative estimate of drug-likeness (QED) is 0.655. The minimum absolute atomic E-state index is 0.263. The van der Waals surface area contributed by atoms with Crippen LogP contribution >= 0.6 is 0 Å². The van der Waals surface area contributed by atoms with Crippen molar-refractivity contribution in [3.05, 3.63) is 0 Å². The second-order valence-electron chi connectivity index (χ2n) is 4.92. The van der Waals surface area contributed by atoms with Crippen molar-refractivity contribution in [2.75, 3.05) is 20.8 Å². The van der Waals surface area contributed by atoms with Crippen LogP contribution < -0.4 is 0 Å².